The zero-order chi connectivity index (χ0) is 18.6. The Bertz CT molecular complexity index is 604. The van der Waals surface area contributed by atoms with Crippen molar-refractivity contribution in [1.29, 1.82) is 0 Å². The third kappa shape index (κ3) is 6.79. The summed E-state index contributed by atoms with van der Waals surface area (Å²) in [7, 11) is 1.95. The lowest BCUT2D eigenvalue weighted by Gasteiger charge is -2.21. The Kier molecular flexibility index (Phi) is 9.18. The smallest absolute Gasteiger partial charge is 0.125 e. The minimum absolute atomic E-state index is 0.0116. The fraction of sp³-hybridized carbons (Fsp3) is 0.455. The van der Waals surface area contributed by atoms with Crippen LogP contribution in [0.15, 0.2) is 48.5 Å². The number of ether oxygens (including phenoxy) is 1. The molecule has 0 aliphatic carbocycles. The Morgan fingerprint density at radius 1 is 0.923 bits per heavy atom. The molecular weight excluding hydrogens is 326 g/mol. The largest absolute Gasteiger partial charge is 0.486 e. The number of hydrogen-bond donors (Lipinski definition) is 3. The van der Waals surface area contributed by atoms with Crippen LogP contribution in [-0.4, -0.2) is 37.0 Å². The van der Waals surface area contributed by atoms with Crippen molar-refractivity contribution in [3.8, 4) is 5.75 Å². The van der Waals surface area contributed by atoms with E-state index in [4.69, 9.17) is 14.9 Å². The van der Waals surface area contributed by atoms with E-state index in [1.165, 1.54) is 16.7 Å². The van der Waals surface area contributed by atoms with Crippen molar-refractivity contribution >= 4 is 0 Å². The highest BCUT2D eigenvalue weighted by Gasteiger charge is 2.14. The first kappa shape index (κ1) is 20.4. The van der Waals surface area contributed by atoms with Gasteiger partial charge >= 0.3 is 0 Å². The van der Waals surface area contributed by atoms with Crippen LogP contribution in [0, 0.1) is 0 Å². The third-order valence-electron chi connectivity index (χ3n) is 4.38. The molecule has 3 N–H and O–H groups in total. The molecular formula is C22H31NO3. The van der Waals surface area contributed by atoms with Gasteiger partial charge in [-0.1, -0.05) is 36.4 Å². The Morgan fingerprint density at radius 2 is 1.54 bits per heavy atom. The summed E-state index contributed by atoms with van der Waals surface area (Å²) in [5.41, 5.74) is 3.51. The van der Waals surface area contributed by atoms with Gasteiger partial charge in [-0.2, -0.15) is 0 Å². The van der Waals surface area contributed by atoms with Gasteiger partial charge in [-0.3, -0.25) is 0 Å². The zero-order valence-corrected chi connectivity index (χ0v) is 15.7. The van der Waals surface area contributed by atoms with Gasteiger partial charge in [0, 0.05) is 19.6 Å². The van der Waals surface area contributed by atoms with E-state index < -0.39 is 0 Å². The van der Waals surface area contributed by atoms with Crippen LogP contribution < -0.4 is 10.1 Å². The van der Waals surface area contributed by atoms with E-state index in [0.29, 0.717) is 0 Å². The van der Waals surface area contributed by atoms with Gasteiger partial charge in [0.15, 0.2) is 0 Å². The number of rotatable bonds is 12. The summed E-state index contributed by atoms with van der Waals surface area (Å²) >= 11 is 0. The minimum Gasteiger partial charge on any atom is -0.486 e. The Morgan fingerprint density at radius 3 is 2.08 bits per heavy atom. The molecule has 142 valence electrons. The topological polar surface area (TPSA) is 61.7 Å². The molecule has 2 rings (SSSR count). The first-order valence-electron chi connectivity index (χ1n) is 9.47. The van der Waals surface area contributed by atoms with Crippen molar-refractivity contribution in [2.24, 2.45) is 0 Å². The van der Waals surface area contributed by atoms with E-state index in [2.05, 4.69) is 35.6 Å². The number of hydrogen-bond acceptors (Lipinski definition) is 4. The van der Waals surface area contributed by atoms with Gasteiger partial charge in [-0.05, 0) is 68.1 Å². The first-order chi connectivity index (χ1) is 12.8. The van der Waals surface area contributed by atoms with Crippen molar-refractivity contribution in [1.82, 2.24) is 5.32 Å². The van der Waals surface area contributed by atoms with Crippen molar-refractivity contribution in [3.05, 3.63) is 65.2 Å². The molecule has 1 unspecified atom stereocenters. The van der Waals surface area contributed by atoms with Gasteiger partial charge in [0.1, 0.15) is 11.9 Å². The Hall–Kier alpha value is -1.88. The van der Waals surface area contributed by atoms with E-state index in [0.717, 1.165) is 44.4 Å². The molecule has 0 aromatic heterocycles. The number of aliphatic hydroxyl groups is 2. The second-order valence-corrected chi connectivity index (χ2v) is 6.55. The highest BCUT2D eigenvalue weighted by atomic mass is 16.5. The summed E-state index contributed by atoms with van der Waals surface area (Å²) in [4.78, 5) is 0. The summed E-state index contributed by atoms with van der Waals surface area (Å²) in [6.45, 7) is 1.25. The van der Waals surface area contributed by atoms with Crippen LogP contribution in [0.25, 0.3) is 0 Å². The lowest BCUT2D eigenvalue weighted by Crippen LogP contribution is -2.16. The molecule has 0 saturated heterocycles. The predicted octanol–water partition coefficient (Wildman–Crippen LogP) is 3.27. The molecule has 0 amide bonds. The van der Waals surface area contributed by atoms with Crippen LogP contribution in [0.2, 0.25) is 0 Å². The molecule has 0 aliphatic rings. The predicted molar refractivity (Wildman–Crippen MR) is 106 cm³/mol. The second kappa shape index (κ2) is 11.7. The lowest BCUT2D eigenvalue weighted by molar-refractivity contribution is 0.194. The van der Waals surface area contributed by atoms with Crippen LogP contribution >= 0.6 is 0 Å². The van der Waals surface area contributed by atoms with Crippen molar-refractivity contribution in [2.45, 2.75) is 38.2 Å². The van der Waals surface area contributed by atoms with E-state index in [1.54, 1.807) is 0 Å². The van der Waals surface area contributed by atoms with E-state index in [-0.39, 0.29) is 19.3 Å². The van der Waals surface area contributed by atoms with E-state index >= 15 is 0 Å². The van der Waals surface area contributed by atoms with Crippen LogP contribution in [-0.2, 0) is 12.8 Å². The molecule has 0 spiro atoms. The molecule has 0 aliphatic heterocycles. The van der Waals surface area contributed by atoms with Crippen LogP contribution in [0.1, 0.15) is 42.1 Å². The molecule has 0 fully saturated rings. The monoisotopic (exact) mass is 357 g/mol. The van der Waals surface area contributed by atoms with Crippen molar-refractivity contribution in [2.75, 3.05) is 26.8 Å². The highest BCUT2D eigenvalue weighted by Crippen LogP contribution is 2.27. The molecule has 2 aromatic rings. The maximum atomic E-state index is 9.13. The average molecular weight is 357 g/mol. The fourth-order valence-electron chi connectivity index (χ4n) is 3.05. The summed E-state index contributed by atoms with van der Waals surface area (Å²) in [6, 6.07) is 16.6. The van der Waals surface area contributed by atoms with Gasteiger partial charge in [-0.25, -0.2) is 0 Å². The fourth-order valence-corrected chi connectivity index (χ4v) is 3.05. The maximum absolute atomic E-state index is 9.13. The first-order valence-corrected chi connectivity index (χ1v) is 9.47. The van der Waals surface area contributed by atoms with Crippen molar-refractivity contribution < 1.29 is 14.9 Å². The molecule has 4 heteroatoms. The summed E-state index contributed by atoms with van der Waals surface area (Å²) in [6.07, 6.45) is 4.00. The van der Waals surface area contributed by atoms with Crippen LogP contribution in [0.5, 0.6) is 5.75 Å². The van der Waals surface area contributed by atoms with Gasteiger partial charge < -0.3 is 20.3 Å². The molecule has 0 bridgehead atoms. The summed E-state index contributed by atoms with van der Waals surface area (Å²) in [5.74, 6) is 0.860. The third-order valence-corrected chi connectivity index (χ3v) is 4.38. The molecule has 4 nitrogen and oxygen atoms in total. The Labute approximate surface area is 156 Å². The van der Waals surface area contributed by atoms with Gasteiger partial charge in [0.2, 0.25) is 0 Å². The van der Waals surface area contributed by atoms with Crippen LogP contribution in [0.3, 0.4) is 0 Å². The van der Waals surface area contributed by atoms with Gasteiger partial charge in [0.25, 0.3) is 0 Å². The lowest BCUT2D eigenvalue weighted by atomic mass is 10.0. The average Bonchev–Trinajstić information content (AvgIpc) is 2.68. The second-order valence-electron chi connectivity index (χ2n) is 6.55. The maximum Gasteiger partial charge on any atom is 0.125 e. The van der Waals surface area contributed by atoms with E-state index in [9.17, 15) is 0 Å². The number of benzene rings is 2. The van der Waals surface area contributed by atoms with Gasteiger partial charge in [-0.15, -0.1) is 0 Å². The highest BCUT2D eigenvalue weighted by molar-refractivity contribution is 5.35. The zero-order valence-electron chi connectivity index (χ0n) is 15.7. The molecule has 2 aromatic carbocycles. The molecule has 0 heterocycles. The Balaban J connectivity index is 2.21. The molecule has 26 heavy (non-hydrogen) atoms. The summed E-state index contributed by atoms with van der Waals surface area (Å²) < 4.78 is 6.38. The van der Waals surface area contributed by atoms with Crippen LogP contribution in [0.4, 0.5) is 0 Å². The molecule has 1 atom stereocenters. The SMILES string of the molecule is CNCCC(Oc1cc(CCCO)cc(CCCO)c1)c1ccccc1. The summed E-state index contributed by atoms with van der Waals surface area (Å²) in [5, 5.41) is 21.5. The van der Waals surface area contributed by atoms with E-state index in [1.807, 2.05) is 25.2 Å². The number of aryl methyl sites for hydroxylation is 2. The standard InChI is InChI=1S/C22H31NO3/c1-23-12-11-22(20-9-3-2-4-10-20)26-21-16-18(7-5-13-24)15-19(17-21)8-6-14-25/h2-4,9-10,15-17,22-25H,5-8,11-14H2,1H3. The number of aliphatic hydroxyl groups excluding tert-OH is 2. The normalized spacial score (nSPS) is 12.1. The molecule has 0 radical (unpaired) electrons. The quantitative estimate of drug-likeness (QED) is 0.546. The minimum atomic E-state index is -0.0116. The molecule has 0 saturated carbocycles. The van der Waals surface area contributed by atoms with Gasteiger partial charge in [0.05, 0.1) is 0 Å². The number of nitrogens with one attached hydrogen (secondary N) is 1. The van der Waals surface area contributed by atoms with Crippen molar-refractivity contribution in [3.63, 3.8) is 0 Å².